The Morgan fingerprint density at radius 3 is 2.93 bits per heavy atom. The first-order valence-corrected chi connectivity index (χ1v) is 4.91. The summed E-state index contributed by atoms with van der Waals surface area (Å²) in [4.78, 5) is 13.8. The lowest BCUT2D eigenvalue weighted by Gasteiger charge is -2.33. The van der Waals surface area contributed by atoms with E-state index >= 15 is 0 Å². The third-order valence-electron chi connectivity index (χ3n) is 2.85. The van der Waals surface area contributed by atoms with Crippen molar-refractivity contribution in [1.29, 1.82) is 0 Å². The highest BCUT2D eigenvalue weighted by molar-refractivity contribution is 5.18. The molecular formula is C10H16N2O2. The van der Waals surface area contributed by atoms with E-state index in [0.717, 1.165) is 24.3 Å². The van der Waals surface area contributed by atoms with Crippen LogP contribution in [0.15, 0.2) is 9.21 Å². The average Bonchev–Trinajstić information content (AvgIpc) is 2.41. The Labute approximate surface area is 82.7 Å². The first-order valence-electron chi connectivity index (χ1n) is 4.91. The fourth-order valence-corrected chi connectivity index (χ4v) is 2.19. The van der Waals surface area contributed by atoms with Crippen molar-refractivity contribution in [2.24, 2.45) is 5.41 Å². The van der Waals surface area contributed by atoms with Crippen molar-refractivity contribution in [2.75, 3.05) is 7.05 Å². The molecule has 0 saturated heterocycles. The SMILES string of the molecule is CNC1CC(C)(C)Cc2oc(=O)[nH]c21. The van der Waals surface area contributed by atoms with Gasteiger partial charge in [-0.2, -0.15) is 0 Å². The predicted molar refractivity (Wildman–Crippen MR) is 53.2 cm³/mol. The zero-order chi connectivity index (χ0) is 10.3. The van der Waals surface area contributed by atoms with E-state index in [2.05, 4.69) is 24.1 Å². The minimum atomic E-state index is -0.340. The highest BCUT2D eigenvalue weighted by Gasteiger charge is 2.34. The number of nitrogens with one attached hydrogen (secondary N) is 2. The van der Waals surface area contributed by atoms with Crippen molar-refractivity contribution < 1.29 is 4.42 Å². The van der Waals surface area contributed by atoms with Gasteiger partial charge in [0.25, 0.3) is 0 Å². The van der Waals surface area contributed by atoms with Crippen molar-refractivity contribution in [3.8, 4) is 0 Å². The molecule has 2 N–H and O–H groups in total. The molecule has 0 fully saturated rings. The second-order valence-electron chi connectivity index (χ2n) is 4.74. The van der Waals surface area contributed by atoms with Crippen LogP contribution < -0.4 is 11.1 Å². The molecule has 0 aromatic carbocycles. The van der Waals surface area contributed by atoms with Gasteiger partial charge in [0.1, 0.15) is 5.76 Å². The van der Waals surface area contributed by atoms with Crippen LogP contribution in [-0.4, -0.2) is 12.0 Å². The molecule has 0 amide bonds. The van der Waals surface area contributed by atoms with Gasteiger partial charge in [-0.05, 0) is 18.9 Å². The molecule has 0 saturated carbocycles. The molecule has 4 heteroatoms. The summed E-state index contributed by atoms with van der Waals surface area (Å²) in [7, 11) is 1.90. The van der Waals surface area contributed by atoms with E-state index in [4.69, 9.17) is 4.42 Å². The van der Waals surface area contributed by atoms with Crippen LogP contribution in [0.25, 0.3) is 0 Å². The quantitative estimate of drug-likeness (QED) is 0.709. The highest BCUT2D eigenvalue weighted by Crippen LogP contribution is 2.39. The van der Waals surface area contributed by atoms with Gasteiger partial charge in [0, 0.05) is 6.42 Å². The third kappa shape index (κ3) is 1.50. The van der Waals surface area contributed by atoms with Crippen molar-refractivity contribution in [3.05, 3.63) is 22.0 Å². The second kappa shape index (κ2) is 2.98. The number of hydrogen-bond acceptors (Lipinski definition) is 3. The normalized spacial score (nSPS) is 24.6. The van der Waals surface area contributed by atoms with E-state index in [-0.39, 0.29) is 17.2 Å². The number of rotatable bonds is 1. The topological polar surface area (TPSA) is 58.0 Å². The minimum Gasteiger partial charge on any atom is -0.413 e. The maximum Gasteiger partial charge on any atom is 0.416 e. The summed E-state index contributed by atoms with van der Waals surface area (Å²) in [6.45, 7) is 4.38. The molecule has 14 heavy (non-hydrogen) atoms. The highest BCUT2D eigenvalue weighted by atomic mass is 16.4. The number of fused-ring (bicyclic) bond motifs is 1. The van der Waals surface area contributed by atoms with Crippen LogP contribution in [-0.2, 0) is 6.42 Å². The van der Waals surface area contributed by atoms with Gasteiger partial charge < -0.3 is 9.73 Å². The van der Waals surface area contributed by atoms with Gasteiger partial charge in [0.05, 0.1) is 11.7 Å². The van der Waals surface area contributed by atoms with Crippen LogP contribution >= 0.6 is 0 Å². The first-order chi connectivity index (χ1) is 6.52. The van der Waals surface area contributed by atoms with Gasteiger partial charge >= 0.3 is 5.76 Å². The van der Waals surface area contributed by atoms with Gasteiger partial charge in [-0.15, -0.1) is 0 Å². The second-order valence-corrected chi connectivity index (χ2v) is 4.74. The van der Waals surface area contributed by atoms with Gasteiger partial charge in [0.2, 0.25) is 0 Å². The Balaban J connectivity index is 2.45. The van der Waals surface area contributed by atoms with Crippen molar-refractivity contribution in [1.82, 2.24) is 10.3 Å². The fourth-order valence-electron chi connectivity index (χ4n) is 2.19. The van der Waals surface area contributed by atoms with Crippen molar-refractivity contribution in [2.45, 2.75) is 32.7 Å². The number of aromatic amines is 1. The summed E-state index contributed by atoms with van der Waals surface area (Å²) in [6.07, 6.45) is 1.85. The number of H-pyrrole nitrogens is 1. The third-order valence-corrected chi connectivity index (χ3v) is 2.85. The van der Waals surface area contributed by atoms with Crippen LogP contribution in [0.5, 0.6) is 0 Å². The van der Waals surface area contributed by atoms with E-state index in [0.29, 0.717) is 0 Å². The van der Waals surface area contributed by atoms with E-state index in [1.807, 2.05) is 7.05 Å². The van der Waals surface area contributed by atoms with E-state index in [1.54, 1.807) is 0 Å². The lowest BCUT2D eigenvalue weighted by atomic mass is 9.76. The largest absolute Gasteiger partial charge is 0.416 e. The van der Waals surface area contributed by atoms with Crippen molar-refractivity contribution in [3.63, 3.8) is 0 Å². The molecule has 1 unspecified atom stereocenters. The molecule has 1 aliphatic carbocycles. The molecular weight excluding hydrogens is 180 g/mol. The first kappa shape index (κ1) is 9.52. The monoisotopic (exact) mass is 196 g/mol. The van der Waals surface area contributed by atoms with Gasteiger partial charge in [0.15, 0.2) is 0 Å². The molecule has 1 atom stereocenters. The fraction of sp³-hybridized carbons (Fsp3) is 0.700. The smallest absolute Gasteiger partial charge is 0.413 e. The molecule has 0 radical (unpaired) electrons. The zero-order valence-electron chi connectivity index (χ0n) is 8.81. The summed E-state index contributed by atoms with van der Waals surface area (Å²) >= 11 is 0. The Bertz CT molecular complexity index is 389. The van der Waals surface area contributed by atoms with Crippen molar-refractivity contribution >= 4 is 0 Å². The maximum atomic E-state index is 11.1. The maximum absolute atomic E-state index is 11.1. The molecule has 1 aliphatic rings. The Morgan fingerprint density at radius 1 is 1.57 bits per heavy atom. The van der Waals surface area contributed by atoms with E-state index in [9.17, 15) is 4.79 Å². The number of hydrogen-bond donors (Lipinski definition) is 2. The summed E-state index contributed by atoms with van der Waals surface area (Å²) in [5, 5.41) is 3.20. The van der Waals surface area contributed by atoms with Crippen LogP contribution in [0.2, 0.25) is 0 Å². The molecule has 0 spiro atoms. The van der Waals surface area contributed by atoms with E-state index < -0.39 is 0 Å². The summed E-state index contributed by atoms with van der Waals surface area (Å²) in [6, 6.07) is 0.209. The Hall–Kier alpha value is -1.03. The predicted octanol–water partition coefficient (Wildman–Crippen LogP) is 1.20. The molecule has 0 bridgehead atoms. The minimum absolute atomic E-state index is 0.193. The van der Waals surface area contributed by atoms with Crippen LogP contribution in [0, 0.1) is 5.41 Å². The van der Waals surface area contributed by atoms with E-state index in [1.165, 1.54) is 0 Å². The van der Waals surface area contributed by atoms with Gasteiger partial charge in [-0.3, -0.25) is 4.98 Å². The van der Waals surface area contributed by atoms with Crippen LogP contribution in [0.3, 0.4) is 0 Å². The lowest BCUT2D eigenvalue weighted by Crippen LogP contribution is -2.31. The molecule has 2 rings (SSSR count). The molecule has 1 aromatic rings. The van der Waals surface area contributed by atoms with Crippen LogP contribution in [0.1, 0.15) is 37.8 Å². The summed E-state index contributed by atoms with van der Waals surface area (Å²) in [5.41, 5.74) is 1.12. The molecule has 0 aliphatic heterocycles. The number of oxazole rings is 1. The standard InChI is InChI=1S/C10H16N2O2/c1-10(2)4-6(11-3)8-7(5-10)14-9(13)12-8/h6,11H,4-5H2,1-3H3,(H,12,13). The summed E-state index contributed by atoms with van der Waals surface area (Å²) in [5.74, 6) is 0.471. The average molecular weight is 196 g/mol. The number of aromatic nitrogens is 1. The molecule has 1 heterocycles. The summed E-state index contributed by atoms with van der Waals surface area (Å²) < 4.78 is 5.12. The van der Waals surface area contributed by atoms with Crippen LogP contribution in [0.4, 0.5) is 0 Å². The zero-order valence-corrected chi connectivity index (χ0v) is 8.81. The lowest BCUT2D eigenvalue weighted by molar-refractivity contribution is 0.238. The molecule has 78 valence electrons. The molecule has 4 nitrogen and oxygen atoms in total. The van der Waals surface area contributed by atoms with Gasteiger partial charge in [-0.1, -0.05) is 13.8 Å². The molecule has 1 aromatic heterocycles. The Morgan fingerprint density at radius 2 is 2.29 bits per heavy atom. The van der Waals surface area contributed by atoms with Gasteiger partial charge in [-0.25, -0.2) is 4.79 Å². The Kier molecular flexibility index (Phi) is 2.03.